The molecule has 1 unspecified atom stereocenters. The van der Waals surface area contributed by atoms with E-state index in [4.69, 9.17) is 4.74 Å². The molecule has 1 saturated heterocycles. The van der Waals surface area contributed by atoms with Crippen LogP contribution < -0.4 is 15.0 Å². The number of piperidine rings is 1. The largest absolute Gasteiger partial charge is 0.492 e. The molecule has 1 aromatic heterocycles. The molecule has 26 heavy (non-hydrogen) atoms. The van der Waals surface area contributed by atoms with Crippen LogP contribution in [0.2, 0.25) is 0 Å². The summed E-state index contributed by atoms with van der Waals surface area (Å²) in [4.78, 5) is 10.6. The summed E-state index contributed by atoms with van der Waals surface area (Å²) >= 11 is 0. The van der Waals surface area contributed by atoms with Crippen molar-refractivity contribution in [1.82, 2.24) is 9.97 Å². The third kappa shape index (κ3) is 4.78. The maximum Gasteiger partial charge on any atom is 0.162 e. The molecule has 2 aromatic rings. The number of aliphatic hydroxyl groups excluding tert-OH is 1. The van der Waals surface area contributed by atoms with E-state index in [1.807, 2.05) is 6.07 Å². The molecule has 2 N–H and O–H groups in total. The van der Waals surface area contributed by atoms with E-state index in [2.05, 4.69) is 20.2 Å². The minimum atomic E-state index is -0.932. The highest BCUT2D eigenvalue weighted by molar-refractivity contribution is 5.48. The van der Waals surface area contributed by atoms with Crippen LogP contribution in [0.5, 0.6) is 5.75 Å². The number of nitrogens with one attached hydrogen (secondary N) is 1. The van der Waals surface area contributed by atoms with Gasteiger partial charge in [-0.25, -0.2) is 18.7 Å². The maximum absolute atomic E-state index is 13.1. The van der Waals surface area contributed by atoms with E-state index in [0.29, 0.717) is 12.4 Å². The predicted molar refractivity (Wildman–Crippen MR) is 94.4 cm³/mol. The monoisotopic (exact) mass is 364 g/mol. The molecular weight excluding hydrogens is 342 g/mol. The van der Waals surface area contributed by atoms with Gasteiger partial charge in [0.05, 0.1) is 6.54 Å². The summed E-state index contributed by atoms with van der Waals surface area (Å²) < 4.78 is 31.4. The molecule has 1 fully saturated rings. The molecule has 1 aliphatic heterocycles. The number of ether oxygens (including phenoxy) is 1. The number of hydrogen-bond donors (Lipinski definition) is 2. The summed E-state index contributed by atoms with van der Waals surface area (Å²) in [5.74, 6) is 0.206. The number of anilines is 2. The summed E-state index contributed by atoms with van der Waals surface area (Å²) in [5, 5.41) is 12.5. The van der Waals surface area contributed by atoms with Gasteiger partial charge in [-0.05, 0) is 30.9 Å². The second-order valence-corrected chi connectivity index (χ2v) is 6.25. The molecule has 8 heteroatoms. The molecule has 0 aliphatic carbocycles. The molecule has 1 atom stereocenters. The van der Waals surface area contributed by atoms with Crippen LogP contribution in [0.15, 0.2) is 30.6 Å². The van der Waals surface area contributed by atoms with Crippen molar-refractivity contribution in [1.29, 1.82) is 0 Å². The molecule has 0 spiro atoms. The molecule has 0 bridgehead atoms. The van der Waals surface area contributed by atoms with Gasteiger partial charge in [-0.3, -0.25) is 0 Å². The Morgan fingerprint density at radius 3 is 2.92 bits per heavy atom. The Morgan fingerprint density at radius 1 is 1.23 bits per heavy atom. The van der Waals surface area contributed by atoms with Crippen LogP contribution in [-0.4, -0.2) is 47.9 Å². The number of benzene rings is 1. The summed E-state index contributed by atoms with van der Waals surface area (Å²) in [6.07, 6.45) is 3.56. The Labute approximate surface area is 150 Å². The first kappa shape index (κ1) is 18.3. The Balaban J connectivity index is 1.50. The third-order valence-electron chi connectivity index (χ3n) is 4.32. The van der Waals surface area contributed by atoms with Crippen molar-refractivity contribution < 1.29 is 18.6 Å². The molecular formula is C18H22F2N4O2. The van der Waals surface area contributed by atoms with E-state index in [-0.39, 0.29) is 24.9 Å². The highest BCUT2D eigenvalue weighted by Crippen LogP contribution is 2.22. The Morgan fingerprint density at radius 2 is 2.12 bits per heavy atom. The first-order chi connectivity index (χ1) is 12.7. The summed E-state index contributed by atoms with van der Waals surface area (Å²) in [7, 11) is 0. The normalized spacial score (nSPS) is 17.2. The Hall–Kier alpha value is -2.48. The fourth-order valence-corrected chi connectivity index (χ4v) is 2.95. The summed E-state index contributed by atoms with van der Waals surface area (Å²) in [5.41, 5.74) is 0. The predicted octanol–water partition coefficient (Wildman–Crippen LogP) is 2.45. The Bertz CT molecular complexity index is 732. The van der Waals surface area contributed by atoms with Gasteiger partial charge in [-0.2, -0.15) is 0 Å². The van der Waals surface area contributed by atoms with E-state index in [0.717, 1.165) is 43.9 Å². The smallest absolute Gasteiger partial charge is 0.162 e. The lowest BCUT2D eigenvalue weighted by Crippen LogP contribution is -2.37. The SMILES string of the molecule is OCC1CCCN(c2cc(NCCOc3ccc(F)c(F)c3)ncn2)C1. The second kappa shape index (κ2) is 8.75. The summed E-state index contributed by atoms with van der Waals surface area (Å²) in [6.45, 7) is 2.61. The first-order valence-corrected chi connectivity index (χ1v) is 8.65. The van der Waals surface area contributed by atoms with Crippen LogP contribution in [0.1, 0.15) is 12.8 Å². The minimum absolute atomic E-state index is 0.189. The van der Waals surface area contributed by atoms with Gasteiger partial charge in [0.25, 0.3) is 0 Å². The van der Waals surface area contributed by atoms with Crippen LogP contribution >= 0.6 is 0 Å². The average molecular weight is 364 g/mol. The van der Waals surface area contributed by atoms with Crippen molar-refractivity contribution in [2.24, 2.45) is 5.92 Å². The van der Waals surface area contributed by atoms with Gasteiger partial charge in [0.15, 0.2) is 11.6 Å². The molecule has 6 nitrogen and oxygen atoms in total. The standard InChI is InChI=1S/C18H22F2N4O2/c19-15-4-3-14(8-16(15)20)26-7-5-21-17-9-18(23-12-22-17)24-6-1-2-13(10-24)11-25/h3-4,8-9,12-13,25H,1-2,5-7,10-11H2,(H,21,22,23). The molecule has 0 amide bonds. The van der Waals surface area contributed by atoms with Gasteiger partial charge in [-0.1, -0.05) is 0 Å². The molecule has 1 aromatic carbocycles. The van der Waals surface area contributed by atoms with Crippen LogP contribution in [0.4, 0.5) is 20.4 Å². The number of aromatic nitrogens is 2. The lowest BCUT2D eigenvalue weighted by Gasteiger charge is -2.32. The van der Waals surface area contributed by atoms with E-state index in [9.17, 15) is 13.9 Å². The lowest BCUT2D eigenvalue weighted by atomic mass is 9.99. The van der Waals surface area contributed by atoms with E-state index < -0.39 is 11.6 Å². The van der Waals surface area contributed by atoms with E-state index in [1.165, 1.54) is 12.4 Å². The van der Waals surface area contributed by atoms with Gasteiger partial charge in [0.1, 0.15) is 30.3 Å². The fraction of sp³-hybridized carbons (Fsp3) is 0.444. The number of nitrogens with zero attached hydrogens (tertiary/aromatic N) is 3. The first-order valence-electron chi connectivity index (χ1n) is 8.65. The van der Waals surface area contributed by atoms with Crippen molar-refractivity contribution in [3.63, 3.8) is 0 Å². The molecule has 0 saturated carbocycles. The molecule has 3 rings (SSSR count). The summed E-state index contributed by atoms with van der Waals surface area (Å²) in [6, 6.07) is 5.30. The fourth-order valence-electron chi connectivity index (χ4n) is 2.95. The van der Waals surface area contributed by atoms with E-state index in [1.54, 1.807) is 0 Å². The highest BCUT2D eigenvalue weighted by Gasteiger charge is 2.20. The van der Waals surface area contributed by atoms with Gasteiger partial charge in [-0.15, -0.1) is 0 Å². The minimum Gasteiger partial charge on any atom is -0.492 e. The zero-order chi connectivity index (χ0) is 18.4. The zero-order valence-corrected chi connectivity index (χ0v) is 14.4. The van der Waals surface area contributed by atoms with Crippen molar-refractivity contribution in [2.45, 2.75) is 12.8 Å². The number of hydrogen-bond acceptors (Lipinski definition) is 6. The maximum atomic E-state index is 13.1. The van der Waals surface area contributed by atoms with Crippen molar-refractivity contribution in [2.75, 3.05) is 43.1 Å². The average Bonchev–Trinajstić information content (AvgIpc) is 2.68. The molecule has 1 aliphatic rings. The molecule has 2 heterocycles. The van der Waals surface area contributed by atoms with Crippen LogP contribution in [0.25, 0.3) is 0 Å². The second-order valence-electron chi connectivity index (χ2n) is 6.25. The number of aliphatic hydroxyl groups is 1. The van der Waals surface area contributed by atoms with E-state index >= 15 is 0 Å². The molecule has 140 valence electrons. The number of halogens is 2. The van der Waals surface area contributed by atoms with Crippen LogP contribution in [-0.2, 0) is 0 Å². The zero-order valence-electron chi connectivity index (χ0n) is 14.4. The molecule has 0 radical (unpaired) electrons. The van der Waals surface area contributed by atoms with Crippen molar-refractivity contribution >= 4 is 11.6 Å². The van der Waals surface area contributed by atoms with Crippen molar-refractivity contribution in [3.8, 4) is 5.75 Å². The highest BCUT2D eigenvalue weighted by atomic mass is 19.2. The Kier molecular flexibility index (Phi) is 6.17. The third-order valence-corrected chi connectivity index (χ3v) is 4.32. The van der Waals surface area contributed by atoms with Gasteiger partial charge in [0, 0.05) is 31.8 Å². The quantitative estimate of drug-likeness (QED) is 0.736. The van der Waals surface area contributed by atoms with Gasteiger partial charge in [0.2, 0.25) is 0 Å². The lowest BCUT2D eigenvalue weighted by molar-refractivity contribution is 0.208. The van der Waals surface area contributed by atoms with Crippen molar-refractivity contribution in [3.05, 3.63) is 42.2 Å². The topological polar surface area (TPSA) is 70.5 Å². The van der Waals surface area contributed by atoms with Gasteiger partial charge >= 0.3 is 0 Å². The van der Waals surface area contributed by atoms with Gasteiger partial charge < -0.3 is 20.1 Å². The number of rotatable bonds is 7. The van der Waals surface area contributed by atoms with Crippen LogP contribution in [0.3, 0.4) is 0 Å². The van der Waals surface area contributed by atoms with Crippen LogP contribution in [0, 0.1) is 17.6 Å².